The van der Waals surface area contributed by atoms with Gasteiger partial charge in [0.25, 0.3) is 0 Å². The largest absolute Gasteiger partial charge is 0.378 e. The minimum Gasteiger partial charge on any atom is -0.378 e. The van der Waals surface area contributed by atoms with Crippen molar-refractivity contribution in [2.24, 2.45) is 5.92 Å². The highest BCUT2D eigenvalue weighted by molar-refractivity contribution is 6.03. The van der Waals surface area contributed by atoms with Crippen LogP contribution < -0.4 is 0 Å². The van der Waals surface area contributed by atoms with Crippen molar-refractivity contribution in [1.29, 1.82) is 5.26 Å². The first-order chi connectivity index (χ1) is 16.1. The predicted molar refractivity (Wildman–Crippen MR) is 125 cm³/mol. The second kappa shape index (κ2) is 8.11. The number of hydrogen-bond donors (Lipinski definition) is 0. The van der Waals surface area contributed by atoms with Crippen LogP contribution in [0.5, 0.6) is 0 Å². The third-order valence-electron chi connectivity index (χ3n) is 7.54. The number of fused-ring (bicyclic) bond motifs is 3. The third kappa shape index (κ3) is 3.76. The Morgan fingerprint density at radius 2 is 2.09 bits per heavy atom. The van der Waals surface area contributed by atoms with Gasteiger partial charge < -0.3 is 14.2 Å². The van der Waals surface area contributed by atoms with E-state index in [9.17, 15) is 10.1 Å². The summed E-state index contributed by atoms with van der Waals surface area (Å²) < 4.78 is 8.29. The van der Waals surface area contributed by atoms with E-state index in [-0.39, 0.29) is 24.0 Å². The Kier molecular flexibility index (Phi) is 5.06. The summed E-state index contributed by atoms with van der Waals surface area (Å²) in [6, 6.07) is 8.24. The molecule has 7 heteroatoms. The summed E-state index contributed by atoms with van der Waals surface area (Å²) in [5.41, 5.74) is 3.45. The lowest BCUT2D eigenvalue weighted by Gasteiger charge is -2.35. The zero-order valence-corrected chi connectivity index (χ0v) is 19.0. The van der Waals surface area contributed by atoms with Gasteiger partial charge in [0, 0.05) is 43.5 Å². The van der Waals surface area contributed by atoms with Gasteiger partial charge in [0.15, 0.2) is 0 Å². The number of nitrogens with zero attached hydrogens (tertiary/aromatic N) is 5. The van der Waals surface area contributed by atoms with Crippen LogP contribution in [0.2, 0.25) is 0 Å². The van der Waals surface area contributed by atoms with E-state index in [4.69, 9.17) is 9.72 Å². The molecule has 2 saturated heterocycles. The minimum absolute atomic E-state index is 0.191. The Balaban J connectivity index is 1.50. The number of benzene rings is 1. The van der Waals surface area contributed by atoms with Gasteiger partial charge in [-0.15, -0.1) is 0 Å². The number of ether oxygens (including phenoxy) is 1. The summed E-state index contributed by atoms with van der Waals surface area (Å²) in [4.78, 5) is 24.5. The van der Waals surface area contributed by atoms with Crippen molar-refractivity contribution in [3.8, 4) is 6.07 Å². The van der Waals surface area contributed by atoms with Gasteiger partial charge in [-0.05, 0) is 63.1 Å². The number of carbonyl (C=O) groups excluding carboxylic acids is 1. The maximum atomic E-state index is 12.6. The minimum atomic E-state index is 0.191. The number of carbonyl (C=O) groups is 1. The third-order valence-corrected chi connectivity index (χ3v) is 7.54. The van der Waals surface area contributed by atoms with E-state index in [1.165, 1.54) is 12.8 Å². The van der Waals surface area contributed by atoms with E-state index in [0.29, 0.717) is 17.9 Å². The highest BCUT2D eigenvalue weighted by Gasteiger charge is 2.35. The number of likely N-dealkylation sites (tertiary alicyclic amines) is 1. The van der Waals surface area contributed by atoms with Crippen LogP contribution in [-0.2, 0) is 9.53 Å². The Morgan fingerprint density at radius 3 is 2.88 bits per heavy atom. The first kappa shape index (κ1) is 20.6. The van der Waals surface area contributed by atoms with Crippen molar-refractivity contribution in [3.63, 3.8) is 0 Å². The molecule has 1 saturated carbocycles. The highest BCUT2D eigenvalue weighted by Crippen LogP contribution is 2.39. The molecule has 2 unspecified atom stereocenters. The fourth-order valence-corrected chi connectivity index (χ4v) is 5.65. The molecule has 7 nitrogen and oxygen atoms in total. The van der Waals surface area contributed by atoms with Gasteiger partial charge in [0.1, 0.15) is 11.3 Å². The van der Waals surface area contributed by atoms with E-state index in [0.717, 1.165) is 66.7 Å². The Labute approximate surface area is 193 Å². The molecule has 2 aromatic heterocycles. The maximum absolute atomic E-state index is 12.6. The molecular formula is C26H29N5O2. The Morgan fingerprint density at radius 1 is 1.21 bits per heavy atom. The first-order valence-electron chi connectivity index (χ1n) is 12.2. The Hall–Kier alpha value is -2.98. The van der Waals surface area contributed by atoms with Crippen molar-refractivity contribution in [3.05, 3.63) is 35.8 Å². The lowest BCUT2D eigenvalue weighted by Crippen LogP contribution is -2.41. The molecule has 0 spiro atoms. The zero-order chi connectivity index (χ0) is 22.5. The topological polar surface area (TPSA) is 84.0 Å². The van der Waals surface area contributed by atoms with Crippen molar-refractivity contribution >= 4 is 27.8 Å². The zero-order valence-electron chi connectivity index (χ0n) is 19.0. The van der Waals surface area contributed by atoms with Crippen LogP contribution in [0, 0.1) is 17.2 Å². The van der Waals surface area contributed by atoms with Gasteiger partial charge in [-0.25, -0.2) is 4.98 Å². The highest BCUT2D eigenvalue weighted by atomic mass is 16.5. The summed E-state index contributed by atoms with van der Waals surface area (Å²) in [7, 11) is 0. The molecule has 1 aromatic carbocycles. The fourth-order valence-electron chi connectivity index (χ4n) is 5.65. The molecule has 0 N–H and O–H groups in total. The van der Waals surface area contributed by atoms with Crippen LogP contribution in [0.15, 0.2) is 24.4 Å². The number of aromatic nitrogens is 3. The normalized spacial score (nSPS) is 26.1. The molecule has 2 aliphatic heterocycles. The smallest absolute Gasteiger partial charge is 0.222 e. The lowest BCUT2D eigenvalue weighted by molar-refractivity contribution is -0.134. The van der Waals surface area contributed by atoms with Crippen molar-refractivity contribution in [2.75, 3.05) is 19.7 Å². The van der Waals surface area contributed by atoms with Crippen molar-refractivity contribution in [2.45, 2.75) is 63.5 Å². The standard InChI is InChI=1S/C26H29N5O2/c1-16-10-20(8-9-33-16)31-25-21-11-18(12-27)4-6-22(21)28-13-23(25)29-26(31)19-5-7-24(32)30(15-19)14-17-2-3-17/h4,6,11,13,16-17,19-20H,2-3,5,7-10,14-15H2,1H3/t16-,19?,20?/m1/s1. The summed E-state index contributed by atoms with van der Waals surface area (Å²) in [5, 5.41) is 10.5. The van der Waals surface area contributed by atoms with Crippen LogP contribution in [-0.4, -0.2) is 51.1 Å². The predicted octanol–water partition coefficient (Wildman–Crippen LogP) is 4.31. The first-order valence-corrected chi connectivity index (χ1v) is 12.2. The molecule has 6 rings (SSSR count). The number of imidazole rings is 1. The van der Waals surface area contributed by atoms with E-state index in [1.54, 1.807) is 0 Å². The molecule has 170 valence electrons. The molecule has 0 radical (unpaired) electrons. The number of pyridine rings is 1. The summed E-state index contributed by atoms with van der Waals surface area (Å²) in [6.07, 6.45) is 7.81. The number of rotatable bonds is 4. The summed E-state index contributed by atoms with van der Waals surface area (Å²) >= 11 is 0. The molecule has 1 aliphatic carbocycles. The molecule has 3 atom stereocenters. The van der Waals surface area contributed by atoms with Crippen LogP contribution in [0.4, 0.5) is 0 Å². The monoisotopic (exact) mass is 443 g/mol. The number of piperidine rings is 1. The number of nitriles is 1. The van der Waals surface area contributed by atoms with Crippen LogP contribution in [0.3, 0.4) is 0 Å². The summed E-state index contributed by atoms with van der Waals surface area (Å²) in [6.45, 7) is 4.50. The Bertz CT molecular complexity index is 1270. The average molecular weight is 444 g/mol. The van der Waals surface area contributed by atoms with E-state index in [2.05, 4.69) is 27.4 Å². The molecule has 33 heavy (non-hydrogen) atoms. The molecule has 0 bridgehead atoms. The SMILES string of the molecule is C[C@@H]1CC(n2c(C3CCC(=O)N(CC4CC4)C3)nc3cnc4ccc(C#N)cc4c32)CCO1. The van der Waals surface area contributed by atoms with Crippen LogP contribution in [0.25, 0.3) is 21.9 Å². The van der Waals surface area contributed by atoms with Crippen molar-refractivity contribution in [1.82, 2.24) is 19.4 Å². The van der Waals surface area contributed by atoms with Gasteiger partial charge in [0.05, 0.1) is 35.0 Å². The van der Waals surface area contributed by atoms with Crippen molar-refractivity contribution < 1.29 is 9.53 Å². The molecule has 3 aromatic rings. The molecule has 3 fully saturated rings. The number of amides is 1. The quantitative estimate of drug-likeness (QED) is 0.600. The fraction of sp³-hybridized carbons (Fsp3) is 0.538. The summed E-state index contributed by atoms with van der Waals surface area (Å²) in [5.74, 6) is 2.24. The number of hydrogen-bond acceptors (Lipinski definition) is 5. The lowest BCUT2D eigenvalue weighted by atomic mass is 9.95. The van der Waals surface area contributed by atoms with E-state index < -0.39 is 0 Å². The molecule has 1 amide bonds. The van der Waals surface area contributed by atoms with Gasteiger partial charge in [-0.1, -0.05) is 0 Å². The van der Waals surface area contributed by atoms with E-state index in [1.807, 2.05) is 24.4 Å². The second-order valence-corrected chi connectivity index (χ2v) is 10.0. The molecule has 4 heterocycles. The van der Waals surface area contributed by atoms with E-state index >= 15 is 0 Å². The van der Waals surface area contributed by atoms with Crippen LogP contribution in [0.1, 0.15) is 68.8 Å². The maximum Gasteiger partial charge on any atom is 0.222 e. The van der Waals surface area contributed by atoms with Gasteiger partial charge >= 0.3 is 0 Å². The van der Waals surface area contributed by atoms with Gasteiger partial charge in [-0.3, -0.25) is 9.78 Å². The van der Waals surface area contributed by atoms with Gasteiger partial charge in [0.2, 0.25) is 5.91 Å². The average Bonchev–Trinajstić information content (AvgIpc) is 3.56. The van der Waals surface area contributed by atoms with Gasteiger partial charge in [-0.2, -0.15) is 5.26 Å². The van der Waals surface area contributed by atoms with Crippen LogP contribution >= 0.6 is 0 Å². The molecular weight excluding hydrogens is 414 g/mol. The second-order valence-electron chi connectivity index (χ2n) is 10.0. The molecule has 3 aliphatic rings.